The van der Waals surface area contributed by atoms with Crippen molar-refractivity contribution in [3.8, 4) is 11.8 Å². The highest BCUT2D eigenvalue weighted by Crippen LogP contribution is 2.25. The summed E-state index contributed by atoms with van der Waals surface area (Å²) in [6, 6.07) is 7.84. The van der Waals surface area contributed by atoms with Crippen molar-refractivity contribution >= 4 is 15.9 Å². The van der Waals surface area contributed by atoms with Gasteiger partial charge in [-0.15, -0.1) is 0 Å². The lowest BCUT2D eigenvalue weighted by atomic mass is 10.3. The molecule has 16 heavy (non-hydrogen) atoms. The van der Waals surface area contributed by atoms with E-state index in [1.807, 2.05) is 22.8 Å². The number of aromatic nitrogens is 2. The molecule has 0 spiro atoms. The zero-order chi connectivity index (χ0) is 11.5. The first-order chi connectivity index (χ1) is 7.77. The highest BCUT2D eigenvalue weighted by atomic mass is 79.9. The number of pyridine rings is 1. The van der Waals surface area contributed by atoms with E-state index >= 15 is 0 Å². The molecule has 0 bridgehead atoms. The zero-order valence-electron chi connectivity index (χ0n) is 8.81. The first-order valence-electron chi connectivity index (χ1n) is 4.98. The Morgan fingerprint density at radius 2 is 2.38 bits per heavy atom. The summed E-state index contributed by atoms with van der Waals surface area (Å²) in [6.07, 6.45) is 4.34. The van der Waals surface area contributed by atoms with E-state index < -0.39 is 0 Å². The average Bonchev–Trinajstić information content (AvgIpc) is 2.66. The van der Waals surface area contributed by atoms with E-state index in [4.69, 9.17) is 5.26 Å². The van der Waals surface area contributed by atoms with Crippen LogP contribution in [0.25, 0.3) is 5.69 Å². The molecule has 80 valence electrons. The van der Waals surface area contributed by atoms with Gasteiger partial charge in [0.05, 0.1) is 11.9 Å². The van der Waals surface area contributed by atoms with Gasteiger partial charge in [-0.3, -0.25) is 4.98 Å². The van der Waals surface area contributed by atoms with Crippen molar-refractivity contribution in [2.75, 3.05) is 0 Å². The zero-order valence-corrected chi connectivity index (χ0v) is 10.4. The van der Waals surface area contributed by atoms with Crippen LogP contribution in [0, 0.1) is 11.3 Å². The molecule has 0 aliphatic carbocycles. The van der Waals surface area contributed by atoms with Gasteiger partial charge in [-0.25, -0.2) is 0 Å². The van der Waals surface area contributed by atoms with Crippen LogP contribution >= 0.6 is 15.9 Å². The Bertz CT molecular complexity index is 537. The van der Waals surface area contributed by atoms with Crippen LogP contribution < -0.4 is 0 Å². The van der Waals surface area contributed by atoms with Crippen LogP contribution in [0.5, 0.6) is 0 Å². The van der Waals surface area contributed by atoms with E-state index in [2.05, 4.69) is 33.9 Å². The van der Waals surface area contributed by atoms with Crippen LogP contribution in [0.3, 0.4) is 0 Å². The minimum absolute atomic E-state index is 0.622. The molecule has 0 aliphatic rings. The summed E-state index contributed by atoms with van der Waals surface area (Å²) in [4.78, 5) is 4.08. The van der Waals surface area contributed by atoms with Gasteiger partial charge in [-0.05, 0) is 40.5 Å². The molecule has 0 atom stereocenters. The lowest BCUT2D eigenvalue weighted by Crippen LogP contribution is -2.02. The molecule has 0 N–H and O–H groups in total. The van der Waals surface area contributed by atoms with Gasteiger partial charge in [0.15, 0.2) is 0 Å². The number of rotatable bonds is 2. The Kier molecular flexibility index (Phi) is 3.07. The predicted molar refractivity (Wildman–Crippen MR) is 65.4 cm³/mol. The Hall–Kier alpha value is -1.60. The lowest BCUT2D eigenvalue weighted by Gasteiger charge is -2.08. The van der Waals surface area contributed by atoms with Crippen molar-refractivity contribution in [3.63, 3.8) is 0 Å². The van der Waals surface area contributed by atoms with Crippen LogP contribution in [0.15, 0.2) is 35.1 Å². The third-order valence-electron chi connectivity index (χ3n) is 2.40. The van der Waals surface area contributed by atoms with Crippen molar-refractivity contribution in [1.82, 2.24) is 9.55 Å². The van der Waals surface area contributed by atoms with Crippen molar-refractivity contribution < 1.29 is 0 Å². The second-order valence-corrected chi connectivity index (χ2v) is 4.19. The Morgan fingerprint density at radius 3 is 2.94 bits per heavy atom. The first-order valence-corrected chi connectivity index (χ1v) is 5.77. The smallest absolute Gasteiger partial charge is 0.126 e. The van der Waals surface area contributed by atoms with E-state index in [0.29, 0.717) is 5.69 Å². The fourth-order valence-electron chi connectivity index (χ4n) is 1.71. The van der Waals surface area contributed by atoms with Gasteiger partial charge in [0.2, 0.25) is 0 Å². The molecule has 2 heterocycles. The van der Waals surface area contributed by atoms with Gasteiger partial charge in [0.1, 0.15) is 11.8 Å². The fourth-order valence-corrected chi connectivity index (χ4v) is 2.38. The van der Waals surface area contributed by atoms with Crippen molar-refractivity contribution in [3.05, 3.63) is 46.5 Å². The summed E-state index contributed by atoms with van der Waals surface area (Å²) in [5.74, 6) is 0. The van der Waals surface area contributed by atoms with Crippen LogP contribution in [0.4, 0.5) is 0 Å². The summed E-state index contributed by atoms with van der Waals surface area (Å²) in [7, 11) is 0. The normalized spacial score (nSPS) is 10.1. The number of hydrogen-bond acceptors (Lipinski definition) is 2. The lowest BCUT2D eigenvalue weighted by molar-refractivity contribution is 0.913. The fraction of sp³-hybridized carbons (Fsp3) is 0.167. The number of nitriles is 1. The molecule has 2 aromatic rings. The Morgan fingerprint density at radius 1 is 1.56 bits per heavy atom. The van der Waals surface area contributed by atoms with E-state index in [1.54, 1.807) is 12.4 Å². The Balaban J connectivity index is 2.68. The molecule has 2 rings (SSSR count). The van der Waals surface area contributed by atoms with Gasteiger partial charge >= 0.3 is 0 Å². The molecule has 0 amide bonds. The van der Waals surface area contributed by atoms with Crippen molar-refractivity contribution in [2.45, 2.75) is 13.3 Å². The second-order valence-electron chi connectivity index (χ2n) is 3.34. The molecule has 0 unspecified atom stereocenters. The molecule has 0 aliphatic heterocycles. The monoisotopic (exact) mass is 275 g/mol. The number of nitrogens with zero attached hydrogens (tertiary/aromatic N) is 3. The highest BCUT2D eigenvalue weighted by molar-refractivity contribution is 9.10. The minimum Gasteiger partial charge on any atom is -0.303 e. The van der Waals surface area contributed by atoms with Gasteiger partial charge in [0, 0.05) is 16.4 Å². The van der Waals surface area contributed by atoms with Gasteiger partial charge in [-0.1, -0.05) is 6.92 Å². The van der Waals surface area contributed by atoms with Crippen LogP contribution in [-0.2, 0) is 6.42 Å². The van der Waals surface area contributed by atoms with E-state index in [1.165, 1.54) is 0 Å². The standard InChI is InChI=1S/C12H10BrN3/c1-2-12-11(13)6-10(7-14)16(12)9-4-3-5-15-8-9/h3-6,8H,2H2,1H3. The summed E-state index contributed by atoms with van der Waals surface area (Å²) in [5.41, 5.74) is 2.63. The maximum absolute atomic E-state index is 9.10. The summed E-state index contributed by atoms with van der Waals surface area (Å²) in [5, 5.41) is 9.10. The van der Waals surface area contributed by atoms with Gasteiger partial charge < -0.3 is 4.57 Å². The second kappa shape index (κ2) is 4.50. The van der Waals surface area contributed by atoms with Crippen LogP contribution in [0.1, 0.15) is 18.3 Å². The van der Waals surface area contributed by atoms with Crippen molar-refractivity contribution in [2.24, 2.45) is 0 Å². The maximum Gasteiger partial charge on any atom is 0.126 e. The van der Waals surface area contributed by atoms with Crippen molar-refractivity contribution in [1.29, 1.82) is 5.26 Å². The molecule has 0 fully saturated rings. The molecule has 4 heteroatoms. The molecular weight excluding hydrogens is 266 g/mol. The third-order valence-corrected chi connectivity index (χ3v) is 3.09. The highest BCUT2D eigenvalue weighted by Gasteiger charge is 2.13. The summed E-state index contributed by atoms with van der Waals surface area (Å²) < 4.78 is 2.90. The minimum atomic E-state index is 0.622. The molecule has 3 nitrogen and oxygen atoms in total. The van der Waals surface area contributed by atoms with E-state index in [0.717, 1.165) is 22.3 Å². The van der Waals surface area contributed by atoms with Gasteiger partial charge in [0.25, 0.3) is 0 Å². The summed E-state index contributed by atoms with van der Waals surface area (Å²) in [6.45, 7) is 2.06. The maximum atomic E-state index is 9.10. The first kappa shape index (κ1) is 10.9. The molecule has 0 saturated heterocycles. The van der Waals surface area contributed by atoms with Crippen LogP contribution in [0.2, 0.25) is 0 Å². The molecule has 0 aromatic carbocycles. The SMILES string of the molecule is CCc1c(Br)cc(C#N)n1-c1cccnc1. The summed E-state index contributed by atoms with van der Waals surface area (Å²) >= 11 is 3.47. The molecule has 0 radical (unpaired) electrons. The molecular formula is C12H10BrN3. The van der Waals surface area contributed by atoms with E-state index in [-0.39, 0.29) is 0 Å². The van der Waals surface area contributed by atoms with Gasteiger partial charge in [-0.2, -0.15) is 5.26 Å². The van der Waals surface area contributed by atoms with Crippen LogP contribution in [-0.4, -0.2) is 9.55 Å². The molecule has 2 aromatic heterocycles. The quantitative estimate of drug-likeness (QED) is 0.845. The molecule has 0 saturated carbocycles. The topological polar surface area (TPSA) is 41.6 Å². The van der Waals surface area contributed by atoms with E-state index in [9.17, 15) is 0 Å². The largest absolute Gasteiger partial charge is 0.303 e. The predicted octanol–water partition coefficient (Wildman–Crippen LogP) is 3.07. The third kappa shape index (κ3) is 1.74. The number of halogens is 1. The average molecular weight is 276 g/mol. The Labute approximate surface area is 102 Å². The number of hydrogen-bond donors (Lipinski definition) is 0.